The van der Waals surface area contributed by atoms with Crippen LogP contribution in [0.4, 0.5) is 0 Å². The lowest BCUT2D eigenvalue weighted by molar-refractivity contribution is 0.147. The number of likely N-dealkylation sites (N-methyl/N-ethyl adjacent to an activating group) is 1. The topological polar surface area (TPSA) is 36.7 Å². The van der Waals surface area contributed by atoms with E-state index >= 15 is 0 Å². The standard InChI is InChI=1S/C14H20BrN5/c1-10-8-11(2)20-13(15)12(17-14(20)16-10)9-19-6-4-18(3)5-7-19/h8H,4-7,9H2,1-3H3. The van der Waals surface area contributed by atoms with Crippen LogP contribution in [0.1, 0.15) is 17.1 Å². The highest BCUT2D eigenvalue weighted by atomic mass is 79.9. The van der Waals surface area contributed by atoms with Crippen LogP contribution < -0.4 is 0 Å². The molecule has 3 rings (SSSR count). The molecule has 1 saturated heterocycles. The van der Waals surface area contributed by atoms with Gasteiger partial charge in [0.05, 0.1) is 5.69 Å². The maximum absolute atomic E-state index is 4.70. The van der Waals surface area contributed by atoms with Gasteiger partial charge >= 0.3 is 0 Å². The van der Waals surface area contributed by atoms with Crippen molar-refractivity contribution in [1.29, 1.82) is 0 Å². The first kappa shape index (κ1) is 14.0. The molecule has 0 unspecified atom stereocenters. The van der Waals surface area contributed by atoms with Gasteiger partial charge < -0.3 is 4.90 Å². The predicted molar refractivity (Wildman–Crippen MR) is 82.9 cm³/mol. The molecule has 108 valence electrons. The Balaban J connectivity index is 1.89. The summed E-state index contributed by atoms with van der Waals surface area (Å²) in [5.74, 6) is 0.790. The fourth-order valence-electron chi connectivity index (χ4n) is 2.70. The van der Waals surface area contributed by atoms with E-state index in [1.54, 1.807) is 0 Å². The number of nitrogens with zero attached hydrogens (tertiary/aromatic N) is 5. The molecule has 2 aromatic heterocycles. The molecule has 0 aliphatic carbocycles. The number of hydrogen-bond donors (Lipinski definition) is 0. The Labute approximate surface area is 127 Å². The van der Waals surface area contributed by atoms with Crippen LogP contribution in [0.3, 0.4) is 0 Å². The predicted octanol–water partition coefficient (Wildman–Crippen LogP) is 1.86. The lowest BCUT2D eigenvalue weighted by Gasteiger charge is -2.31. The average Bonchev–Trinajstić information content (AvgIpc) is 2.69. The van der Waals surface area contributed by atoms with E-state index in [1.165, 1.54) is 0 Å². The van der Waals surface area contributed by atoms with Crippen molar-refractivity contribution in [2.45, 2.75) is 20.4 Å². The zero-order valence-corrected chi connectivity index (χ0v) is 13.8. The Morgan fingerprint density at radius 2 is 1.85 bits per heavy atom. The minimum atomic E-state index is 0.790. The molecule has 0 radical (unpaired) electrons. The minimum absolute atomic E-state index is 0.790. The molecular weight excluding hydrogens is 318 g/mol. The Morgan fingerprint density at radius 1 is 1.15 bits per heavy atom. The normalized spacial score (nSPS) is 18.0. The highest BCUT2D eigenvalue weighted by Crippen LogP contribution is 2.22. The fourth-order valence-corrected chi connectivity index (χ4v) is 3.35. The zero-order chi connectivity index (χ0) is 14.3. The molecule has 2 aromatic rings. The highest BCUT2D eigenvalue weighted by Gasteiger charge is 2.19. The van der Waals surface area contributed by atoms with Gasteiger partial charge in [-0.15, -0.1) is 0 Å². The molecule has 0 saturated carbocycles. The molecule has 3 heterocycles. The molecule has 1 aliphatic heterocycles. The summed E-state index contributed by atoms with van der Waals surface area (Å²) in [5.41, 5.74) is 3.26. The molecule has 5 nitrogen and oxygen atoms in total. The summed E-state index contributed by atoms with van der Waals surface area (Å²) in [6, 6.07) is 2.08. The number of rotatable bonds is 2. The second-order valence-electron chi connectivity index (χ2n) is 5.60. The van der Waals surface area contributed by atoms with E-state index in [4.69, 9.17) is 4.98 Å². The van der Waals surface area contributed by atoms with E-state index in [2.05, 4.69) is 55.2 Å². The summed E-state index contributed by atoms with van der Waals surface area (Å²) in [4.78, 5) is 14.0. The Bertz CT molecular complexity index is 628. The van der Waals surface area contributed by atoms with Gasteiger partial charge in [-0.1, -0.05) is 0 Å². The first-order valence-corrected chi connectivity index (χ1v) is 7.76. The van der Waals surface area contributed by atoms with Gasteiger partial charge in [0, 0.05) is 44.1 Å². The van der Waals surface area contributed by atoms with Gasteiger partial charge in [-0.25, -0.2) is 9.97 Å². The molecule has 20 heavy (non-hydrogen) atoms. The number of imidazole rings is 1. The fraction of sp³-hybridized carbons (Fsp3) is 0.571. The summed E-state index contributed by atoms with van der Waals surface area (Å²) in [7, 11) is 2.17. The summed E-state index contributed by atoms with van der Waals surface area (Å²) < 4.78 is 3.12. The highest BCUT2D eigenvalue weighted by molar-refractivity contribution is 9.10. The van der Waals surface area contributed by atoms with Crippen LogP contribution in [0.2, 0.25) is 0 Å². The first-order chi connectivity index (χ1) is 9.54. The second kappa shape index (κ2) is 5.42. The number of piperazine rings is 1. The Kier molecular flexibility index (Phi) is 3.79. The van der Waals surface area contributed by atoms with Crippen molar-refractivity contribution < 1.29 is 0 Å². The van der Waals surface area contributed by atoms with Gasteiger partial charge in [-0.3, -0.25) is 9.30 Å². The van der Waals surface area contributed by atoms with Crippen molar-refractivity contribution in [2.24, 2.45) is 0 Å². The zero-order valence-electron chi connectivity index (χ0n) is 12.2. The summed E-state index contributed by atoms with van der Waals surface area (Å²) in [5, 5.41) is 0. The van der Waals surface area contributed by atoms with Crippen molar-refractivity contribution in [3.05, 3.63) is 27.8 Å². The molecule has 6 heteroatoms. The van der Waals surface area contributed by atoms with Gasteiger partial charge in [0.2, 0.25) is 5.78 Å². The lowest BCUT2D eigenvalue weighted by atomic mass is 10.3. The van der Waals surface area contributed by atoms with Crippen LogP contribution in [0.25, 0.3) is 5.78 Å². The molecule has 0 spiro atoms. The largest absolute Gasteiger partial charge is 0.304 e. The van der Waals surface area contributed by atoms with Crippen molar-refractivity contribution >= 4 is 21.7 Å². The van der Waals surface area contributed by atoms with Crippen LogP contribution in [0, 0.1) is 13.8 Å². The molecule has 0 atom stereocenters. The molecule has 0 amide bonds. The van der Waals surface area contributed by atoms with Gasteiger partial charge in [0.1, 0.15) is 4.60 Å². The second-order valence-corrected chi connectivity index (χ2v) is 6.35. The van der Waals surface area contributed by atoms with Crippen molar-refractivity contribution in [3.63, 3.8) is 0 Å². The smallest absolute Gasteiger partial charge is 0.235 e. The van der Waals surface area contributed by atoms with Crippen LogP contribution in [-0.4, -0.2) is 57.4 Å². The monoisotopic (exact) mass is 337 g/mol. The SMILES string of the molecule is Cc1cc(C)n2c(Br)c(CN3CCN(C)CC3)nc2n1. The van der Waals surface area contributed by atoms with Gasteiger partial charge in [-0.2, -0.15) is 0 Å². The number of halogens is 1. The Hall–Kier alpha value is -0.980. The van der Waals surface area contributed by atoms with Crippen LogP contribution in [0.15, 0.2) is 10.7 Å². The molecule has 0 N–H and O–H groups in total. The van der Waals surface area contributed by atoms with Crippen molar-refractivity contribution in [3.8, 4) is 0 Å². The van der Waals surface area contributed by atoms with Crippen LogP contribution in [0.5, 0.6) is 0 Å². The first-order valence-electron chi connectivity index (χ1n) is 6.96. The maximum atomic E-state index is 4.70. The third-order valence-corrected chi connectivity index (χ3v) is 4.70. The van der Waals surface area contributed by atoms with Gasteiger partial charge in [0.15, 0.2) is 0 Å². The molecule has 1 aliphatic rings. The molecular formula is C14H20BrN5. The summed E-state index contributed by atoms with van der Waals surface area (Å²) >= 11 is 3.69. The number of fused-ring (bicyclic) bond motifs is 1. The average molecular weight is 338 g/mol. The quantitative estimate of drug-likeness (QED) is 0.838. The lowest BCUT2D eigenvalue weighted by Crippen LogP contribution is -2.43. The van der Waals surface area contributed by atoms with E-state index < -0.39 is 0 Å². The van der Waals surface area contributed by atoms with E-state index in [0.717, 1.165) is 60.2 Å². The van der Waals surface area contributed by atoms with E-state index in [1.807, 2.05) is 6.92 Å². The number of aromatic nitrogens is 3. The van der Waals surface area contributed by atoms with E-state index in [9.17, 15) is 0 Å². The third-order valence-electron chi connectivity index (χ3n) is 3.89. The number of hydrogen-bond acceptors (Lipinski definition) is 4. The maximum Gasteiger partial charge on any atom is 0.235 e. The van der Waals surface area contributed by atoms with E-state index in [0.29, 0.717) is 0 Å². The summed E-state index contributed by atoms with van der Waals surface area (Å²) in [6.07, 6.45) is 0. The molecule has 0 bridgehead atoms. The van der Waals surface area contributed by atoms with Gasteiger partial charge in [0.25, 0.3) is 0 Å². The van der Waals surface area contributed by atoms with Crippen LogP contribution >= 0.6 is 15.9 Å². The summed E-state index contributed by atoms with van der Waals surface area (Å²) in [6.45, 7) is 9.44. The molecule has 0 aromatic carbocycles. The van der Waals surface area contributed by atoms with Crippen molar-refractivity contribution in [2.75, 3.05) is 33.2 Å². The van der Waals surface area contributed by atoms with Crippen LogP contribution in [-0.2, 0) is 6.54 Å². The third kappa shape index (κ3) is 2.60. The van der Waals surface area contributed by atoms with Crippen molar-refractivity contribution in [1.82, 2.24) is 24.2 Å². The Morgan fingerprint density at radius 3 is 2.55 bits per heavy atom. The van der Waals surface area contributed by atoms with E-state index in [-0.39, 0.29) is 0 Å². The van der Waals surface area contributed by atoms with Gasteiger partial charge in [-0.05, 0) is 42.9 Å². The minimum Gasteiger partial charge on any atom is -0.304 e. The molecule has 1 fully saturated rings. The number of aryl methyl sites for hydroxylation is 2.